The fourth-order valence-electron chi connectivity index (χ4n) is 2.35. The van der Waals surface area contributed by atoms with Crippen molar-refractivity contribution in [3.63, 3.8) is 0 Å². The number of thiophene rings is 2. The Labute approximate surface area is 158 Å². The highest BCUT2D eigenvalue weighted by atomic mass is 32.2. The standard InChI is InChI=1S/C17H19N3O2S3/c1-11(9-22-2)18-14(21)10-25-17-19-15(12-5-3-7-23-12)16(20-17)13-6-4-8-24-13/h3-8,11H,9-10H2,1-2H3,(H,18,21)(H,19,20)/t11-/m1/s1. The van der Waals surface area contributed by atoms with Crippen LogP contribution in [0, 0.1) is 0 Å². The van der Waals surface area contributed by atoms with E-state index in [1.54, 1.807) is 29.8 Å². The normalized spacial score (nSPS) is 12.2. The number of thioether (sulfide) groups is 1. The van der Waals surface area contributed by atoms with E-state index in [1.807, 2.05) is 29.8 Å². The second-order valence-electron chi connectivity index (χ2n) is 5.43. The summed E-state index contributed by atoms with van der Waals surface area (Å²) in [5.74, 6) is 0.288. The molecule has 0 bridgehead atoms. The van der Waals surface area contributed by atoms with Crippen LogP contribution in [0.2, 0.25) is 0 Å². The lowest BCUT2D eigenvalue weighted by atomic mass is 10.2. The fourth-order valence-corrected chi connectivity index (χ4v) is 4.48. The van der Waals surface area contributed by atoms with E-state index in [4.69, 9.17) is 9.72 Å². The molecule has 0 spiro atoms. The fraction of sp³-hybridized carbons (Fsp3) is 0.294. The maximum absolute atomic E-state index is 12.0. The van der Waals surface area contributed by atoms with Crippen LogP contribution in [0.3, 0.4) is 0 Å². The Hall–Kier alpha value is -1.61. The molecule has 0 saturated heterocycles. The summed E-state index contributed by atoms with van der Waals surface area (Å²) in [6.07, 6.45) is 0. The lowest BCUT2D eigenvalue weighted by Crippen LogP contribution is -2.36. The first-order chi connectivity index (χ1) is 12.2. The molecule has 1 atom stereocenters. The Morgan fingerprint density at radius 2 is 2.04 bits per heavy atom. The number of ether oxygens (including phenoxy) is 1. The Bertz CT molecular complexity index is 746. The van der Waals surface area contributed by atoms with Gasteiger partial charge in [-0.2, -0.15) is 0 Å². The number of imidazole rings is 1. The van der Waals surface area contributed by atoms with Gasteiger partial charge in [-0.15, -0.1) is 22.7 Å². The topological polar surface area (TPSA) is 67.0 Å². The van der Waals surface area contributed by atoms with Crippen LogP contribution in [0.15, 0.2) is 40.2 Å². The predicted molar refractivity (Wildman–Crippen MR) is 105 cm³/mol. The van der Waals surface area contributed by atoms with E-state index in [-0.39, 0.29) is 11.9 Å². The summed E-state index contributed by atoms with van der Waals surface area (Å²) < 4.78 is 5.03. The first-order valence-corrected chi connectivity index (χ1v) is 10.5. The molecule has 5 nitrogen and oxygen atoms in total. The smallest absolute Gasteiger partial charge is 0.230 e. The van der Waals surface area contributed by atoms with Gasteiger partial charge in [0.15, 0.2) is 5.16 Å². The molecule has 0 saturated carbocycles. The summed E-state index contributed by atoms with van der Waals surface area (Å²) in [7, 11) is 1.62. The Morgan fingerprint density at radius 3 is 2.68 bits per heavy atom. The van der Waals surface area contributed by atoms with Crippen LogP contribution in [0.5, 0.6) is 0 Å². The zero-order valence-electron chi connectivity index (χ0n) is 13.9. The minimum absolute atomic E-state index is 0.00180. The molecule has 0 fully saturated rings. The molecule has 0 unspecified atom stereocenters. The zero-order valence-corrected chi connectivity index (χ0v) is 16.4. The van der Waals surface area contributed by atoms with Crippen molar-refractivity contribution in [3.8, 4) is 21.1 Å². The van der Waals surface area contributed by atoms with Gasteiger partial charge in [-0.3, -0.25) is 4.79 Å². The molecule has 25 heavy (non-hydrogen) atoms. The van der Waals surface area contributed by atoms with Crippen molar-refractivity contribution in [2.75, 3.05) is 19.5 Å². The molecule has 0 aliphatic rings. The summed E-state index contributed by atoms with van der Waals surface area (Å²) in [6, 6.07) is 8.17. The molecule has 8 heteroatoms. The summed E-state index contributed by atoms with van der Waals surface area (Å²) in [5, 5.41) is 7.75. The molecule has 2 N–H and O–H groups in total. The average molecular weight is 394 g/mol. The Balaban J connectivity index is 1.72. The monoisotopic (exact) mass is 393 g/mol. The third-order valence-corrected chi connectivity index (χ3v) is 6.01. The van der Waals surface area contributed by atoms with Gasteiger partial charge in [0, 0.05) is 13.2 Å². The van der Waals surface area contributed by atoms with E-state index < -0.39 is 0 Å². The number of amides is 1. The molecule has 1 amide bonds. The number of hydrogen-bond acceptors (Lipinski definition) is 6. The van der Waals surface area contributed by atoms with Crippen molar-refractivity contribution in [1.29, 1.82) is 0 Å². The van der Waals surface area contributed by atoms with Gasteiger partial charge in [-0.1, -0.05) is 23.9 Å². The largest absolute Gasteiger partial charge is 0.383 e. The van der Waals surface area contributed by atoms with Crippen molar-refractivity contribution in [2.24, 2.45) is 0 Å². The lowest BCUT2D eigenvalue weighted by Gasteiger charge is -2.11. The van der Waals surface area contributed by atoms with E-state index in [0.29, 0.717) is 12.4 Å². The van der Waals surface area contributed by atoms with Crippen molar-refractivity contribution in [2.45, 2.75) is 18.1 Å². The molecule has 3 aromatic heterocycles. The third-order valence-electron chi connectivity index (χ3n) is 3.37. The van der Waals surface area contributed by atoms with Crippen molar-refractivity contribution >= 4 is 40.3 Å². The summed E-state index contributed by atoms with van der Waals surface area (Å²) >= 11 is 4.74. The Morgan fingerprint density at radius 1 is 1.32 bits per heavy atom. The summed E-state index contributed by atoms with van der Waals surface area (Å²) in [4.78, 5) is 22.4. The van der Waals surface area contributed by atoms with Crippen molar-refractivity contribution in [1.82, 2.24) is 15.3 Å². The number of carbonyl (C=O) groups is 1. The molecule has 0 aliphatic carbocycles. The lowest BCUT2D eigenvalue weighted by molar-refractivity contribution is -0.119. The number of carbonyl (C=O) groups excluding carboxylic acids is 1. The minimum Gasteiger partial charge on any atom is -0.383 e. The molecule has 132 valence electrons. The maximum Gasteiger partial charge on any atom is 0.230 e. The molecule has 0 aromatic carbocycles. The molecule has 0 radical (unpaired) electrons. The molecule has 3 aromatic rings. The molecule has 3 rings (SSSR count). The van der Waals surface area contributed by atoms with Crippen LogP contribution in [0.4, 0.5) is 0 Å². The number of H-pyrrole nitrogens is 1. The van der Waals surface area contributed by atoms with Crippen LogP contribution in [0.25, 0.3) is 21.1 Å². The van der Waals surface area contributed by atoms with E-state index in [0.717, 1.165) is 26.3 Å². The number of hydrogen-bond donors (Lipinski definition) is 2. The highest BCUT2D eigenvalue weighted by molar-refractivity contribution is 7.99. The van der Waals surface area contributed by atoms with E-state index in [1.165, 1.54) is 11.8 Å². The van der Waals surface area contributed by atoms with E-state index in [2.05, 4.69) is 22.4 Å². The van der Waals surface area contributed by atoms with Crippen LogP contribution >= 0.6 is 34.4 Å². The van der Waals surface area contributed by atoms with E-state index >= 15 is 0 Å². The van der Waals surface area contributed by atoms with Gasteiger partial charge in [-0.05, 0) is 29.8 Å². The van der Waals surface area contributed by atoms with Crippen LogP contribution < -0.4 is 5.32 Å². The van der Waals surface area contributed by atoms with Gasteiger partial charge < -0.3 is 15.0 Å². The number of nitrogens with one attached hydrogen (secondary N) is 2. The van der Waals surface area contributed by atoms with Crippen LogP contribution in [-0.4, -0.2) is 41.4 Å². The minimum atomic E-state index is -0.0266. The maximum atomic E-state index is 12.0. The van der Waals surface area contributed by atoms with Crippen LogP contribution in [-0.2, 0) is 9.53 Å². The van der Waals surface area contributed by atoms with Gasteiger partial charge >= 0.3 is 0 Å². The molecule has 3 heterocycles. The highest BCUT2D eigenvalue weighted by Crippen LogP contribution is 2.36. The quantitative estimate of drug-likeness (QED) is 0.565. The van der Waals surface area contributed by atoms with Crippen molar-refractivity contribution < 1.29 is 9.53 Å². The summed E-state index contributed by atoms with van der Waals surface area (Å²) in [5.41, 5.74) is 1.95. The first-order valence-electron chi connectivity index (χ1n) is 7.76. The SMILES string of the molecule is COC[C@@H](C)NC(=O)CSc1nc(-c2cccs2)c(-c2cccs2)[nH]1. The zero-order chi connectivity index (χ0) is 17.6. The molecule has 0 aliphatic heterocycles. The second kappa shape index (κ2) is 8.66. The van der Waals surface area contributed by atoms with Gasteiger partial charge in [0.05, 0.1) is 27.8 Å². The van der Waals surface area contributed by atoms with Gasteiger partial charge in [-0.25, -0.2) is 4.98 Å². The number of nitrogens with zero attached hydrogens (tertiary/aromatic N) is 1. The number of aromatic nitrogens is 2. The van der Waals surface area contributed by atoms with Crippen LogP contribution in [0.1, 0.15) is 6.92 Å². The second-order valence-corrected chi connectivity index (χ2v) is 8.29. The molecular formula is C17H19N3O2S3. The number of aromatic amines is 1. The third kappa shape index (κ3) is 4.72. The summed E-state index contributed by atoms with van der Waals surface area (Å²) in [6.45, 7) is 2.42. The molecular weight excluding hydrogens is 374 g/mol. The van der Waals surface area contributed by atoms with E-state index in [9.17, 15) is 4.79 Å². The van der Waals surface area contributed by atoms with Gasteiger partial charge in [0.25, 0.3) is 0 Å². The predicted octanol–water partition coefficient (Wildman–Crippen LogP) is 4.11. The van der Waals surface area contributed by atoms with Gasteiger partial charge in [0.2, 0.25) is 5.91 Å². The number of rotatable bonds is 8. The first kappa shape index (κ1) is 18.2. The Kier molecular flexibility index (Phi) is 6.30. The number of methoxy groups -OCH3 is 1. The average Bonchev–Trinajstić information content (AvgIpc) is 3.32. The highest BCUT2D eigenvalue weighted by Gasteiger charge is 2.17. The van der Waals surface area contributed by atoms with Crippen molar-refractivity contribution in [3.05, 3.63) is 35.0 Å². The van der Waals surface area contributed by atoms with Gasteiger partial charge in [0.1, 0.15) is 5.69 Å².